The molecule has 0 radical (unpaired) electrons. The van der Waals surface area contributed by atoms with Crippen LogP contribution >= 0.6 is 0 Å². The van der Waals surface area contributed by atoms with Crippen molar-refractivity contribution in [1.82, 2.24) is 10.2 Å². The Hall–Kier alpha value is -2.77. The number of nitrogens with one attached hydrogen (secondary N) is 2. The molecule has 2 N–H and O–H groups in total. The van der Waals surface area contributed by atoms with Crippen LogP contribution in [0.5, 0.6) is 0 Å². The Morgan fingerprint density at radius 3 is 2.46 bits per heavy atom. The Morgan fingerprint density at radius 2 is 1.88 bits per heavy atom. The summed E-state index contributed by atoms with van der Waals surface area (Å²) in [4.78, 5) is 25.8. The SMILES string of the molecule is CC(C)(C)c1cc(NC(=O)C2CC(=O)N(c3cc(F)cc(F)c3)C2)n[nH]1. The van der Waals surface area contributed by atoms with Crippen LogP contribution in [0.1, 0.15) is 32.9 Å². The Kier molecular flexibility index (Phi) is 4.52. The van der Waals surface area contributed by atoms with E-state index in [1.165, 1.54) is 4.90 Å². The third-order valence-corrected chi connectivity index (χ3v) is 4.29. The Bertz CT molecular complexity index is 837. The van der Waals surface area contributed by atoms with Crippen molar-refractivity contribution in [2.24, 2.45) is 5.92 Å². The molecule has 2 aromatic rings. The molecule has 0 aliphatic carbocycles. The van der Waals surface area contributed by atoms with Crippen molar-refractivity contribution >= 4 is 23.3 Å². The molecule has 0 bridgehead atoms. The van der Waals surface area contributed by atoms with E-state index in [9.17, 15) is 18.4 Å². The molecular weight excluding hydrogens is 342 g/mol. The van der Waals surface area contributed by atoms with E-state index >= 15 is 0 Å². The lowest BCUT2D eigenvalue weighted by Gasteiger charge is -2.16. The van der Waals surface area contributed by atoms with Crippen LogP contribution in [0.3, 0.4) is 0 Å². The number of hydrogen-bond donors (Lipinski definition) is 2. The highest BCUT2D eigenvalue weighted by Crippen LogP contribution is 2.28. The lowest BCUT2D eigenvalue weighted by Crippen LogP contribution is -2.28. The van der Waals surface area contributed by atoms with Crippen molar-refractivity contribution in [3.63, 3.8) is 0 Å². The second kappa shape index (κ2) is 6.51. The van der Waals surface area contributed by atoms with Crippen molar-refractivity contribution in [3.8, 4) is 0 Å². The molecule has 2 heterocycles. The van der Waals surface area contributed by atoms with Gasteiger partial charge in [0.05, 0.1) is 5.92 Å². The maximum atomic E-state index is 13.4. The molecule has 3 rings (SSSR count). The molecule has 138 valence electrons. The molecule has 1 saturated heterocycles. The van der Waals surface area contributed by atoms with Gasteiger partial charge in [-0.25, -0.2) is 8.78 Å². The fourth-order valence-corrected chi connectivity index (χ4v) is 2.83. The molecule has 1 unspecified atom stereocenters. The number of hydrogen-bond acceptors (Lipinski definition) is 3. The van der Waals surface area contributed by atoms with Crippen molar-refractivity contribution in [1.29, 1.82) is 0 Å². The number of carbonyl (C=O) groups excluding carboxylic acids is 2. The number of nitrogens with zero attached hydrogens (tertiary/aromatic N) is 2. The Morgan fingerprint density at radius 1 is 1.23 bits per heavy atom. The summed E-state index contributed by atoms with van der Waals surface area (Å²) in [5.41, 5.74) is 0.835. The molecule has 1 atom stereocenters. The van der Waals surface area contributed by atoms with Gasteiger partial charge >= 0.3 is 0 Å². The summed E-state index contributed by atoms with van der Waals surface area (Å²) in [6.07, 6.45) is -0.0273. The van der Waals surface area contributed by atoms with Crippen LogP contribution < -0.4 is 10.2 Å². The van der Waals surface area contributed by atoms with Gasteiger partial charge < -0.3 is 10.2 Å². The molecule has 1 aromatic heterocycles. The molecular formula is C18H20F2N4O2. The minimum Gasteiger partial charge on any atom is -0.311 e. The minimum atomic E-state index is -0.771. The number of halogens is 2. The van der Waals surface area contributed by atoms with Crippen LogP contribution in [0.25, 0.3) is 0 Å². The zero-order valence-corrected chi connectivity index (χ0v) is 14.8. The number of H-pyrrole nitrogens is 1. The molecule has 1 aromatic carbocycles. The highest BCUT2D eigenvalue weighted by atomic mass is 19.1. The van der Waals surface area contributed by atoms with Gasteiger partial charge in [-0.05, 0) is 12.1 Å². The Labute approximate surface area is 149 Å². The quantitative estimate of drug-likeness (QED) is 0.881. The van der Waals surface area contributed by atoms with Crippen LogP contribution in [0.4, 0.5) is 20.3 Å². The number of anilines is 2. The summed E-state index contributed by atoms with van der Waals surface area (Å²) < 4.78 is 26.8. The highest BCUT2D eigenvalue weighted by Gasteiger charge is 2.35. The summed E-state index contributed by atoms with van der Waals surface area (Å²) in [7, 11) is 0. The first kappa shape index (κ1) is 18.0. The number of aromatic amines is 1. The van der Waals surface area contributed by atoms with Gasteiger partial charge in [0.15, 0.2) is 5.82 Å². The normalized spacial score (nSPS) is 17.7. The highest BCUT2D eigenvalue weighted by molar-refractivity contribution is 6.03. The molecule has 8 heteroatoms. The maximum absolute atomic E-state index is 13.4. The van der Waals surface area contributed by atoms with Gasteiger partial charge in [0.1, 0.15) is 11.6 Å². The van der Waals surface area contributed by atoms with Gasteiger partial charge in [-0.1, -0.05) is 20.8 Å². The third-order valence-electron chi connectivity index (χ3n) is 4.29. The molecule has 1 aliphatic heterocycles. The van der Waals surface area contributed by atoms with E-state index in [1.54, 1.807) is 6.07 Å². The molecule has 0 saturated carbocycles. The fraction of sp³-hybridized carbons (Fsp3) is 0.389. The van der Waals surface area contributed by atoms with Crippen molar-refractivity contribution in [2.45, 2.75) is 32.6 Å². The lowest BCUT2D eigenvalue weighted by atomic mass is 9.92. The maximum Gasteiger partial charge on any atom is 0.231 e. The number of amides is 2. The van der Waals surface area contributed by atoms with Crippen molar-refractivity contribution in [3.05, 3.63) is 41.6 Å². The zero-order chi connectivity index (χ0) is 19.1. The van der Waals surface area contributed by atoms with Gasteiger partial charge in [0.2, 0.25) is 11.8 Å². The topological polar surface area (TPSA) is 78.1 Å². The largest absolute Gasteiger partial charge is 0.311 e. The second-order valence-electron chi connectivity index (χ2n) is 7.44. The standard InChI is InChI=1S/C18H20F2N4O2/c1-18(2,3)14-8-15(23-22-14)21-17(26)10-4-16(25)24(9-10)13-6-11(19)5-12(20)7-13/h5-8,10H,4,9H2,1-3H3,(H2,21,22,23,26). The summed E-state index contributed by atoms with van der Waals surface area (Å²) in [6.45, 7) is 6.09. The Balaban J connectivity index is 1.70. The smallest absolute Gasteiger partial charge is 0.231 e. The van der Waals surface area contributed by atoms with E-state index < -0.39 is 17.6 Å². The first-order chi connectivity index (χ1) is 12.1. The number of benzene rings is 1. The summed E-state index contributed by atoms with van der Waals surface area (Å²) in [5, 5.41) is 9.61. The van der Waals surface area contributed by atoms with Crippen molar-refractivity contribution in [2.75, 3.05) is 16.8 Å². The van der Waals surface area contributed by atoms with Crippen LogP contribution in [0, 0.1) is 17.6 Å². The summed E-state index contributed by atoms with van der Waals surface area (Å²) in [6, 6.07) is 4.63. The average molecular weight is 362 g/mol. The van der Waals surface area contributed by atoms with Gasteiger partial charge in [-0.15, -0.1) is 0 Å². The van der Waals surface area contributed by atoms with E-state index in [2.05, 4.69) is 15.5 Å². The number of carbonyl (C=O) groups is 2. The number of rotatable bonds is 3. The van der Waals surface area contributed by atoms with Crippen LogP contribution in [-0.4, -0.2) is 28.6 Å². The van der Waals surface area contributed by atoms with Crippen LogP contribution in [-0.2, 0) is 15.0 Å². The minimum absolute atomic E-state index is 0.0273. The lowest BCUT2D eigenvalue weighted by molar-refractivity contribution is -0.122. The summed E-state index contributed by atoms with van der Waals surface area (Å²) in [5.74, 6) is -2.50. The number of aromatic nitrogens is 2. The zero-order valence-electron chi connectivity index (χ0n) is 14.8. The molecule has 26 heavy (non-hydrogen) atoms. The van der Waals surface area contributed by atoms with Gasteiger partial charge in [0.25, 0.3) is 0 Å². The third kappa shape index (κ3) is 3.74. The molecule has 0 spiro atoms. The van der Waals surface area contributed by atoms with E-state index in [0.29, 0.717) is 5.82 Å². The van der Waals surface area contributed by atoms with Gasteiger partial charge in [-0.3, -0.25) is 14.7 Å². The fourth-order valence-electron chi connectivity index (χ4n) is 2.83. The predicted octanol–water partition coefficient (Wildman–Crippen LogP) is 2.98. The van der Waals surface area contributed by atoms with Crippen molar-refractivity contribution < 1.29 is 18.4 Å². The van der Waals surface area contributed by atoms with Gasteiger partial charge in [-0.2, -0.15) is 5.10 Å². The van der Waals surface area contributed by atoms with Crippen LogP contribution in [0.15, 0.2) is 24.3 Å². The molecule has 1 fully saturated rings. The average Bonchev–Trinajstić information content (AvgIpc) is 3.12. The van der Waals surface area contributed by atoms with Crippen LogP contribution in [0.2, 0.25) is 0 Å². The molecule has 6 nitrogen and oxygen atoms in total. The predicted molar refractivity (Wildman–Crippen MR) is 92.7 cm³/mol. The second-order valence-corrected chi connectivity index (χ2v) is 7.44. The van der Waals surface area contributed by atoms with E-state index in [1.807, 2.05) is 20.8 Å². The van der Waals surface area contributed by atoms with E-state index in [4.69, 9.17) is 0 Å². The van der Waals surface area contributed by atoms with E-state index in [-0.39, 0.29) is 35.9 Å². The van der Waals surface area contributed by atoms with Gasteiger partial charge in [0, 0.05) is 41.9 Å². The monoisotopic (exact) mass is 362 g/mol. The first-order valence-electron chi connectivity index (χ1n) is 8.26. The van der Waals surface area contributed by atoms with E-state index in [0.717, 1.165) is 23.9 Å². The first-order valence-corrected chi connectivity index (χ1v) is 8.26. The molecule has 1 aliphatic rings. The summed E-state index contributed by atoms with van der Waals surface area (Å²) >= 11 is 0. The molecule has 2 amide bonds.